The second kappa shape index (κ2) is 8.59. The molecular weight excluding hydrogens is 407 g/mol. The molecule has 1 atom stereocenters. The number of carbonyl (C=O) groups is 1. The van der Waals surface area contributed by atoms with Crippen LogP contribution in [-0.4, -0.2) is 53.7 Å². The van der Waals surface area contributed by atoms with Crippen LogP contribution in [0.1, 0.15) is 31.0 Å². The number of amides is 1. The van der Waals surface area contributed by atoms with Crippen molar-refractivity contribution in [2.24, 2.45) is 0 Å². The minimum atomic E-state index is -4.36. The van der Waals surface area contributed by atoms with Gasteiger partial charge in [-0.1, -0.05) is 18.2 Å². The number of carbonyl (C=O) groups excluding carboxylic acids is 1. The third-order valence-electron chi connectivity index (χ3n) is 6.16. The summed E-state index contributed by atoms with van der Waals surface area (Å²) >= 11 is 0. The predicted octanol–water partition coefficient (Wildman–Crippen LogP) is 3.93. The van der Waals surface area contributed by atoms with Crippen LogP contribution in [0, 0.1) is 0 Å². The van der Waals surface area contributed by atoms with Gasteiger partial charge < -0.3 is 14.5 Å². The lowest BCUT2D eigenvalue weighted by molar-refractivity contribution is -0.161. The molecule has 0 N–H and O–H groups in total. The Morgan fingerprint density at radius 1 is 1.13 bits per heavy atom. The van der Waals surface area contributed by atoms with Crippen molar-refractivity contribution in [3.05, 3.63) is 59.9 Å². The molecule has 1 spiro atoms. The van der Waals surface area contributed by atoms with E-state index in [-0.39, 0.29) is 11.5 Å². The van der Waals surface area contributed by atoms with Gasteiger partial charge in [-0.05, 0) is 44.0 Å². The lowest BCUT2D eigenvalue weighted by atomic mass is 9.88. The Hall–Kier alpha value is -2.45. The van der Waals surface area contributed by atoms with Crippen LogP contribution in [0.5, 0.6) is 0 Å². The number of ether oxygens (including phenoxy) is 1. The molecule has 2 aliphatic rings. The van der Waals surface area contributed by atoms with Gasteiger partial charge in [0, 0.05) is 43.6 Å². The molecule has 0 aliphatic carbocycles. The van der Waals surface area contributed by atoms with Gasteiger partial charge in [-0.3, -0.25) is 9.78 Å². The second-order valence-electron chi connectivity index (χ2n) is 8.33. The number of para-hydroxylation sites is 1. The first-order chi connectivity index (χ1) is 14.8. The highest BCUT2D eigenvalue weighted by Crippen LogP contribution is 2.35. The molecule has 1 unspecified atom stereocenters. The molecule has 1 amide bonds. The van der Waals surface area contributed by atoms with E-state index >= 15 is 0 Å². The molecule has 31 heavy (non-hydrogen) atoms. The quantitative estimate of drug-likeness (QED) is 0.733. The van der Waals surface area contributed by atoms with Gasteiger partial charge in [0.05, 0.1) is 17.7 Å². The minimum Gasteiger partial charge on any atom is -0.360 e. The number of piperidine rings is 1. The first kappa shape index (κ1) is 21.8. The zero-order valence-corrected chi connectivity index (χ0v) is 17.4. The summed E-state index contributed by atoms with van der Waals surface area (Å²) in [7, 11) is 0. The lowest BCUT2D eigenvalue weighted by Crippen LogP contribution is -2.61. The van der Waals surface area contributed by atoms with E-state index in [0.29, 0.717) is 18.7 Å². The Morgan fingerprint density at radius 3 is 2.45 bits per heavy atom. The van der Waals surface area contributed by atoms with E-state index in [1.165, 1.54) is 6.07 Å². The van der Waals surface area contributed by atoms with Gasteiger partial charge in [-0.2, -0.15) is 13.2 Å². The predicted molar refractivity (Wildman–Crippen MR) is 111 cm³/mol. The van der Waals surface area contributed by atoms with Crippen molar-refractivity contribution in [2.75, 3.05) is 31.1 Å². The number of pyridine rings is 1. The van der Waals surface area contributed by atoms with E-state index in [0.717, 1.165) is 50.4 Å². The third kappa shape index (κ3) is 4.91. The SMILES string of the molecule is CC1OC2(CCN(CCc3ccc(C(F)(F)F)cn3)CC2)CN(c2ccccc2)C1=O. The van der Waals surface area contributed by atoms with Crippen molar-refractivity contribution in [1.82, 2.24) is 9.88 Å². The van der Waals surface area contributed by atoms with Crippen LogP contribution in [0.4, 0.5) is 18.9 Å². The number of benzene rings is 1. The van der Waals surface area contributed by atoms with Crippen LogP contribution in [0.25, 0.3) is 0 Å². The molecule has 166 valence electrons. The molecule has 4 rings (SSSR count). The maximum atomic E-state index is 12.7. The number of likely N-dealkylation sites (tertiary alicyclic amines) is 1. The number of morpholine rings is 1. The van der Waals surface area contributed by atoms with Gasteiger partial charge in [0.25, 0.3) is 5.91 Å². The lowest BCUT2D eigenvalue weighted by Gasteiger charge is -2.49. The summed E-state index contributed by atoms with van der Waals surface area (Å²) in [5, 5.41) is 0. The fourth-order valence-corrected chi connectivity index (χ4v) is 4.35. The molecule has 0 saturated carbocycles. The van der Waals surface area contributed by atoms with Crippen molar-refractivity contribution in [3.63, 3.8) is 0 Å². The smallest absolute Gasteiger partial charge is 0.360 e. The number of alkyl halides is 3. The number of hydrogen-bond donors (Lipinski definition) is 0. The number of aromatic nitrogens is 1. The molecule has 0 radical (unpaired) electrons. The fraction of sp³-hybridized carbons (Fsp3) is 0.478. The highest BCUT2D eigenvalue weighted by Gasteiger charge is 2.45. The molecular formula is C23H26F3N3O2. The number of anilines is 1. The van der Waals surface area contributed by atoms with Crippen LogP contribution >= 0.6 is 0 Å². The molecule has 3 heterocycles. The van der Waals surface area contributed by atoms with Crippen molar-refractivity contribution < 1.29 is 22.7 Å². The van der Waals surface area contributed by atoms with Crippen LogP contribution in [0.2, 0.25) is 0 Å². The summed E-state index contributed by atoms with van der Waals surface area (Å²) in [5.74, 6) is -0.0207. The molecule has 1 aromatic carbocycles. The van der Waals surface area contributed by atoms with E-state index in [4.69, 9.17) is 4.74 Å². The van der Waals surface area contributed by atoms with E-state index in [1.807, 2.05) is 42.2 Å². The third-order valence-corrected chi connectivity index (χ3v) is 6.16. The Morgan fingerprint density at radius 2 is 1.84 bits per heavy atom. The zero-order valence-electron chi connectivity index (χ0n) is 17.4. The van der Waals surface area contributed by atoms with E-state index in [1.54, 1.807) is 0 Å². The van der Waals surface area contributed by atoms with Crippen LogP contribution in [0.3, 0.4) is 0 Å². The van der Waals surface area contributed by atoms with Gasteiger partial charge in [0.15, 0.2) is 0 Å². The monoisotopic (exact) mass is 433 g/mol. The van der Waals surface area contributed by atoms with Crippen LogP contribution in [0.15, 0.2) is 48.7 Å². The number of rotatable bonds is 4. The second-order valence-corrected chi connectivity index (χ2v) is 8.33. The molecule has 5 nitrogen and oxygen atoms in total. The number of hydrogen-bond acceptors (Lipinski definition) is 4. The standard InChI is InChI=1S/C23H26F3N3O2/c1-17-21(30)29(20-5-3-2-4-6-20)16-22(31-17)10-13-28(14-11-22)12-9-19-8-7-18(15-27-19)23(24,25)26/h2-8,15,17H,9-14,16H2,1H3. The zero-order chi connectivity index (χ0) is 22.1. The number of nitrogens with zero attached hydrogens (tertiary/aromatic N) is 3. The summed E-state index contributed by atoms with van der Waals surface area (Å²) in [4.78, 5) is 20.7. The normalized spacial score (nSPS) is 22.1. The Balaban J connectivity index is 1.34. The topological polar surface area (TPSA) is 45.7 Å². The van der Waals surface area contributed by atoms with Gasteiger partial charge >= 0.3 is 6.18 Å². The van der Waals surface area contributed by atoms with Gasteiger partial charge in [0.1, 0.15) is 6.10 Å². The van der Waals surface area contributed by atoms with Crippen molar-refractivity contribution in [3.8, 4) is 0 Å². The molecule has 1 aromatic heterocycles. The molecule has 2 saturated heterocycles. The summed E-state index contributed by atoms with van der Waals surface area (Å²) in [5.41, 5.74) is 0.443. The Kier molecular flexibility index (Phi) is 6.03. The van der Waals surface area contributed by atoms with Gasteiger partial charge in [-0.15, -0.1) is 0 Å². The first-order valence-corrected chi connectivity index (χ1v) is 10.5. The molecule has 2 aliphatic heterocycles. The maximum Gasteiger partial charge on any atom is 0.417 e. The van der Waals surface area contributed by atoms with Gasteiger partial charge in [-0.25, -0.2) is 0 Å². The van der Waals surface area contributed by atoms with E-state index < -0.39 is 17.8 Å². The molecule has 0 bridgehead atoms. The average molecular weight is 433 g/mol. The van der Waals surface area contributed by atoms with Crippen LogP contribution < -0.4 is 4.90 Å². The highest BCUT2D eigenvalue weighted by molar-refractivity contribution is 5.97. The van der Waals surface area contributed by atoms with E-state index in [2.05, 4.69) is 9.88 Å². The van der Waals surface area contributed by atoms with Crippen molar-refractivity contribution in [1.29, 1.82) is 0 Å². The Bertz CT molecular complexity index is 895. The van der Waals surface area contributed by atoms with Gasteiger partial charge in [0.2, 0.25) is 0 Å². The summed E-state index contributed by atoms with van der Waals surface area (Å²) in [6.45, 7) is 4.69. The molecule has 2 aromatic rings. The average Bonchev–Trinajstić information content (AvgIpc) is 2.76. The summed E-state index contributed by atoms with van der Waals surface area (Å²) in [6, 6.07) is 12.2. The molecule has 2 fully saturated rings. The summed E-state index contributed by atoms with van der Waals surface area (Å²) < 4.78 is 44.2. The van der Waals surface area contributed by atoms with Crippen molar-refractivity contribution >= 4 is 11.6 Å². The van der Waals surface area contributed by atoms with E-state index in [9.17, 15) is 18.0 Å². The largest absolute Gasteiger partial charge is 0.417 e. The summed E-state index contributed by atoms with van der Waals surface area (Å²) in [6.07, 6.45) is -1.76. The number of halogens is 3. The van der Waals surface area contributed by atoms with Crippen LogP contribution in [-0.2, 0) is 22.1 Å². The Labute approximate surface area is 179 Å². The highest BCUT2D eigenvalue weighted by atomic mass is 19.4. The molecule has 8 heteroatoms. The minimum absolute atomic E-state index is 0.0207. The maximum absolute atomic E-state index is 12.7. The first-order valence-electron chi connectivity index (χ1n) is 10.5. The van der Waals surface area contributed by atoms with Crippen molar-refractivity contribution in [2.45, 2.75) is 44.1 Å². The fourth-order valence-electron chi connectivity index (χ4n) is 4.35.